The molecule has 1 heterocycles. The maximum absolute atomic E-state index is 11.8. The minimum atomic E-state index is -0.853. The summed E-state index contributed by atoms with van der Waals surface area (Å²) in [6, 6.07) is 4.48. The lowest BCUT2D eigenvalue weighted by atomic mass is 9.98. The van der Waals surface area contributed by atoms with Crippen molar-refractivity contribution >= 4 is 17.7 Å². The van der Waals surface area contributed by atoms with Crippen molar-refractivity contribution in [3.8, 4) is 5.75 Å². The molecule has 0 fully saturated rings. The summed E-state index contributed by atoms with van der Waals surface area (Å²) in [5.41, 5.74) is 0.0410. The van der Waals surface area contributed by atoms with Gasteiger partial charge in [-0.1, -0.05) is 11.6 Å². The summed E-state index contributed by atoms with van der Waals surface area (Å²) >= 11 is 5.95. The molecule has 20 heavy (non-hydrogen) atoms. The molecule has 0 aromatic heterocycles. The van der Waals surface area contributed by atoms with Crippen molar-refractivity contribution in [3.63, 3.8) is 0 Å². The Bertz CT molecular complexity index is 512. The molecule has 2 atom stereocenters. The zero-order chi connectivity index (χ0) is 14.9. The number of halogens is 1. The van der Waals surface area contributed by atoms with E-state index in [0.717, 1.165) is 0 Å². The molecule has 2 N–H and O–H groups in total. The zero-order valence-electron chi connectivity index (χ0n) is 11.6. The third-order valence-corrected chi connectivity index (χ3v) is 3.01. The predicted octanol–water partition coefficient (Wildman–Crippen LogP) is 2.66. The van der Waals surface area contributed by atoms with Crippen molar-refractivity contribution in [2.75, 3.05) is 6.61 Å². The van der Waals surface area contributed by atoms with Gasteiger partial charge >= 0.3 is 6.09 Å². The maximum Gasteiger partial charge on any atom is 0.408 e. The predicted molar refractivity (Wildman–Crippen MR) is 75.1 cm³/mol. The van der Waals surface area contributed by atoms with Crippen molar-refractivity contribution in [2.24, 2.45) is 0 Å². The molecule has 6 heteroatoms. The van der Waals surface area contributed by atoms with Gasteiger partial charge in [-0.15, -0.1) is 0 Å². The summed E-state index contributed by atoms with van der Waals surface area (Å²) in [5.74, 6) is 0.598. The van der Waals surface area contributed by atoms with Gasteiger partial charge < -0.3 is 19.9 Å². The van der Waals surface area contributed by atoms with Gasteiger partial charge in [0.25, 0.3) is 0 Å². The second kappa shape index (κ2) is 5.50. The molecule has 0 saturated carbocycles. The highest BCUT2D eigenvalue weighted by atomic mass is 35.5. The Morgan fingerprint density at radius 2 is 2.20 bits per heavy atom. The third-order valence-electron chi connectivity index (χ3n) is 2.77. The number of aliphatic hydroxyl groups excluding tert-OH is 1. The van der Waals surface area contributed by atoms with E-state index in [1.54, 1.807) is 39.0 Å². The number of alkyl carbamates (subject to hydrolysis) is 1. The van der Waals surface area contributed by atoms with Gasteiger partial charge in [-0.3, -0.25) is 0 Å². The summed E-state index contributed by atoms with van der Waals surface area (Å²) in [6.07, 6.45) is -1.44. The van der Waals surface area contributed by atoms with Gasteiger partial charge in [0.15, 0.2) is 0 Å². The second-order valence-corrected chi connectivity index (χ2v) is 6.12. The largest absolute Gasteiger partial charge is 0.490 e. The van der Waals surface area contributed by atoms with Crippen LogP contribution in [0.25, 0.3) is 0 Å². The Hall–Kier alpha value is -1.46. The van der Waals surface area contributed by atoms with E-state index in [4.69, 9.17) is 21.1 Å². The molecule has 2 unspecified atom stereocenters. The number of aliphatic hydroxyl groups is 1. The Kier molecular flexibility index (Phi) is 4.11. The Balaban J connectivity index is 2.19. The van der Waals surface area contributed by atoms with Crippen LogP contribution in [0.1, 0.15) is 32.4 Å². The molecule has 1 amide bonds. The first-order chi connectivity index (χ1) is 9.26. The van der Waals surface area contributed by atoms with Crippen LogP contribution < -0.4 is 10.1 Å². The second-order valence-electron chi connectivity index (χ2n) is 5.68. The molecule has 1 aromatic rings. The fraction of sp³-hybridized carbons (Fsp3) is 0.500. The Labute approximate surface area is 122 Å². The number of amides is 1. The molecular formula is C14H18ClNO4. The lowest BCUT2D eigenvalue weighted by molar-refractivity contribution is 0.0276. The van der Waals surface area contributed by atoms with Crippen molar-refractivity contribution in [1.29, 1.82) is 0 Å². The molecule has 1 aromatic carbocycles. The summed E-state index contributed by atoms with van der Waals surface area (Å²) < 4.78 is 10.6. The number of carbonyl (C=O) groups is 1. The summed E-state index contributed by atoms with van der Waals surface area (Å²) in [5, 5.41) is 13.2. The van der Waals surface area contributed by atoms with Gasteiger partial charge in [-0.25, -0.2) is 4.79 Å². The highest BCUT2D eigenvalue weighted by Crippen LogP contribution is 2.34. The molecule has 2 rings (SSSR count). The van der Waals surface area contributed by atoms with Crippen LogP contribution >= 0.6 is 11.6 Å². The Morgan fingerprint density at radius 3 is 2.85 bits per heavy atom. The van der Waals surface area contributed by atoms with Gasteiger partial charge in [0, 0.05) is 10.6 Å². The van der Waals surface area contributed by atoms with Gasteiger partial charge in [-0.05, 0) is 39.0 Å². The van der Waals surface area contributed by atoms with Crippen LogP contribution in [0.2, 0.25) is 5.02 Å². The summed E-state index contributed by atoms with van der Waals surface area (Å²) in [7, 11) is 0. The monoisotopic (exact) mass is 299 g/mol. The molecule has 0 saturated heterocycles. The molecule has 110 valence electrons. The average molecular weight is 300 g/mol. The molecule has 0 radical (unpaired) electrons. The van der Waals surface area contributed by atoms with E-state index in [1.807, 2.05) is 0 Å². The molecular weight excluding hydrogens is 282 g/mol. The van der Waals surface area contributed by atoms with Crippen molar-refractivity contribution in [2.45, 2.75) is 38.5 Å². The van der Waals surface area contributed by atoms with Crippen LogP contribution in [0, 0.1) is 0 Å². The number of fused-ring (bicyclic) bond motifs is 1. The van der Waals surface area contributed by atoms with E-state index in [0.29, 0.717) is 16.3 Å². The topological polar surface area (TPSA) is 67.8 Å². The first kappa shape index (κ1) is 14.9. The molecule has 5 nitrogen and oxygen atoms in total. The Morgan fingerprint density at radius 1 is 1.50 bits per heavy atom. The van der Waals surface area contributed by atoms with Crippen LogP contribution in [0.5, 0.6) is 5.75 Å². The van der Waals surface area contributed by atoms with Crippen LogP contribution in [0.15, 0.2) is 18.2 Å². The third kappa shape index (κ3) is 3.55. The number of nitrogens with one attached hydrogen (secondary N) is 1. The lowest BCUT2D eigenvalue weighted by Gasteiger charge is -2.31. The molecule has 0 aliphatic carbocycles. The molecule has 0 spiro atoms. The van der Waals surface area contributed by atoms with Crippen molar-refractivity contribution in [3.05, 3.63) is 28.8 Å². The van der Waals surface area contributed by atoms with E-state index in [1.165, 1.54) is 0 Å². The van der Waals surface area contributed by atoms with Crippen molar-refractivity contribution < 1.29 is 19.4 Å². The number of hydrogen-bond donors (Lipinski definition) is 2. The molecule has 0 bridgehead atoms. The van der Waals surface area contributed by atoms with Crippen LogP contribution in [-0.2, 0) is 4.74 Å². The molecule has 1 aliphatic rings. The van der Waals surface area contributed by atoms with Gasteiger partial charge in [0.1, 0.15) is 24.1 Å². The van der Waals surface area contributed by atoms with Crippen LogP contribution in [0.3, 0.4) is 0 Å². The first-order valence-electron chi connectivity index (χ1n) is 6.36. The number of hydrogen-bond acceptors (Lipinski definition) is 4. The van der Waals surface area contributed by atoms with E-state index in [9.17, 15) is 9.90 Å². The van der Waals surface area contributed by atoms with Gasteiger partial charge in [0.05, 0.1) is 6.04 Å². The van der Waals surface area contributed by atoms with E-state index >= 15 is 0 Å². The highest BCUT2D eigenvalue weighted by Gasteiger charge is 2.32. The number of carbonyl (C=O) groups excluding carboxylic acids is 1. The SMILES string of the molecule is CC(C)(C)OC(=O)NC1c2cc(Cl)ccc2OCC1O. The average Bonchev–Trinajstić information content (AvgIpc) is 2.31. The minimum Gasteiger partial charge on any atom is -0.490 e. The zero-order valence-corrected chi connectivity index (χ0v) is 12.4. The minimum absolute atomic E-state index is 0.106. The van der Waals surface area contributed by atoms with E-state index in [-0.39, 0.29) is 6.61 Å². The lowest BCUT2D eigenvalue weighted by Crippen LogP contribution is -2.43. The molecule has 1 aliphatic heterocycles. The summed E-state index contributed by atoms with van der Waals surface area (Å²) in [4.78, 5) is 11.8. The number of ether oxygens (including phenoxy) is 2. The van der Waals surface area contributed by atoms with E-state index in [2.05, 4.69) is 5.32 Å². The number of benzene rings is 1. The fourth-order valence-electron chi connectivity index (χ4n) is 1.98. The van der Waals surface area contributed by atoms with Crippen LogP contribution in [0.4, 0.5) is 4.79 Å². The van der Waals surface area contributed by atoms with Gasteiger partial charge in [0.2, 0.25) is 0 Å². The first-order valence-corrected chi connectivity index (χ1v) is 6.74. The number of rotatable bonds is 1. The van der Waals surface area contributed by atoms with E-state index < -0.39 is 23.8 Å². The van der Waals surface area contributed by atoms with Gasteiger partial charge in [-0.2, -0.15) is 0 Å². The quantitative estimate of drug-likeness (QED) is 0.836. The fourth-order valence-corrected chi connectivity index (χ4v) is 2.16. The smallest absolute Gasteiger partial charge is 0.408 e. The summed E-state index contributed by atoms with van der Waals surface area (Å²) in [6.45, 7) is 5.43. The maximum atomic E-state index is 11.8. The normalized spacial score (nSPS) is 21.6. The van der Waals surface area contributed by atoms with Crippen molar-refractivity contribution in [1.82, 2.24) is 5.32 Å². The standard InChI is InChI=1S/C14H18ClNO4/c1-14(2,3)20-13(18)16-12-9-6-8(15)4-5-11(9)19-7-10(12)17/h4-6,10,12,17H,7H2,1-3H3,(H,16,18). The van der Waals surface area contributed by atoms with Crippen LogP contribution in [-0.4, -0.2) is 29.5 Å². The highest BCUT2D eigenvalue weighted by molar-refractivity contribution is 6.30.